The molecule has 0 heterocycles. The van der Waals surface area contributed by atoms with Crippen molar-refractivity contribution in [2.45, 2.75) is 76.4 Å². The summed E-state index contributed by atoms with van der Waals surface area (Å²) >= 11 is 0. The quantitative estimate of drug-likeness (QED) is 0.914. The van der Waals surface area contributed by atoms with E-state index in [0.29, 0.717) is 18.0 Å². The molecule has 1 aromatic rings. The molecule has 0 radical (unpaired) electrons. The monoisotopic (exact) mass is 286 g/mol. The molecule has 1 fully saturated rings. The first-order valence-electron chi connectivity index (χ1n) is 8.79. The lowest BCUT2D eigenvalue weighted by molar-refractivity contribution is 0.0925. The first-order chi connectivity index (χ1) is 10.2. The van der Waals surface area contributed by atoms with Gasteiger partial charge in [0.15, 0.2) is 0 Å². The molecule has 3 rings (SSSR count). The largest absolute Gasteiger partial charge is 0.328 e. The summed E-state index contributed by atoms with van der Waals surface area (Å²) in [4.78, 5) is 2.83. The molecule has 0 aromatic heterocycles. The van der Waals surface area contributed by atoms with Gasteiger partial charge in [-0.25, -0.2) is 0 Å². The van der Waals surface area contributed by atoms with E-state index in [0.717, 1.165) is 6.04 Å². The van der Waals surface area contributed by atoms with Crippen LogP contribution in [0.2, 0.25) is 0 Å². The van der Waals surface area contributed by atoms with Crippen LogP contribution < -0.4 is 5.73 Å². The number of nitrogens with zero attached hydrogens (tertiary/aromatic N) is 1. The van der Waals surface area contributed by atoms with Gasteiger partial charge in [0.2, 0.25) is 0 Å². The fourth-order valence-corrected chi connectivity index (χ4v) is 4.49. The first kappa shape index (κ1) is 15.1. The van der Waals surface area contributed by atoms with Crippen molar-refractivity contribution in [3.8, 4) is 0 Å². The van der Waals surface area contributed by atoms with Gasteiger partial charge in [-0.15, -0.1) is 0 Å². The molecule has 21 heavy (non-hydrogen) atoms. The zero-order valence-electron chi connectivity index (χ0n) is 13.6. The summed E-state index contributed by atoms with van der Waals surface area (Å²) in [5, 5.41) is 0. The molecule has 1 aromatic carbocycles. The van der Waals surface area contributed by atoms with Gasteiger partial charge in [0, 0.05) is 18.1 Å². The molecule has 2 heteroatoms. The van der Waals surface area contributed by atoms with Crippen LogP contribution in [0.1, 0.15) is 63.0 Å². The second-order valence-corrected chi connectivity index (χ2v) is 7.07. The molecule has 0 bridgehead atoms. The summed E-state index contributed by atoms with van der Waals surface area (Å²) in [5.74, 6) is 0.670. The maximum Gasteiger partial charge on any atom is 0.0205 e. The molecule has 0 aliphatic heterocycles. The normalized spacial score (nSPS) is 32.4. The summed E-state index contributed by atoms with van der Waals surface area (Å²) in [5.41, 5.74) is 9.25. The smallest absolute Gasteiger partial charge is 0.0205 e. The standard InChI is InChI=1S/C19H30N2/c1-3-12-21(17-10-8-16(20)9-11-17)19-13-15-6-4-5-7-18(15)14(19)2/h4-7,14,16-17,19H,3,8-13,20H2,1-2H3. The average molecular weight is 286 g/mol. The van der Waals surface area contributed by atoms with Gasteiger partial charge in [-0.2, -0.15) is 0 Å². The highest BCUT2D eigenvalue weighted by atomic mass is 15.2. The Labute approximate surface area is 129 Å². The Hall–Kier alpha value is -0.860. The molecule has 0 saturated heterocycles. The van der Waals surface area contributed by atoms with Crippen molar-refractivity contribution in [1.29, 1.82) is 0 Å². The van der Waals surface area contributed by atoms with Gasteiger partial charge in [0.1, 0.15) is 0 Å². The third kappa shape index (κ3) is 3.02. The number of benzene rings is 1. The van der Waals surface area contributed by atoms with Crippen LogP contribution in [-0.2, 0) is 6.42 Å². The van der Waals surface area contributed by atoms with Gasteiger partial charge in [-0.3, -0.25) is 4.90 Å². The molecular formula is C19H30N2. The van der Waals surface area contributed by atoms with E-state index in [-0.39, 0.29) is 0 Å². The molecular weight excluding hydrogens is 256 g/mol. The van der Waals surface area contributed by atoms with Crippen LogP contribution in [0.3, 0.4) is 0 Å². The molecule has 2 N–H and O–H groups in total. The minimum absolute atomic E-state index is 0.447. The van der Waals surface area contributed by atoms with Gasteiger partial charge in [-0.05, 0) is 62.1 Å². The predicted octanol–water partition coefficient (Wildman–Crippen LogP) is 3.70. The van der Waals surface area contributed by atoms with Crippen molar-refractivity contribution in [2.24, 2.45) is 5.73 Å². The van der Waals surface area contributed by atoms with Crippen LogP contribution in [0.15, 0.2) is 24.3 Å². The van der Waals surface area contributed by atoms with Crippen molar-refractivity contribution < 1.29 is 0 Å². The maximum atomic E-state index is 6.10. The molecule has 2 unspecified atom stereocenters. The van der Waals surface area contributed by atoms with Gasteiger partial charge >= 0.3 is 0 Å². The van der Waals surface area contributed by atoms with Crippen LogP contribution in [-0.4, -0.2) is 29.6 Å². The molecule has 116 valence electrons. The maximum absolute atomic E-state index is 6.10. The van der Waals surface area contributed by atoms with E-state index in [9.17, 15) is 0 Å². The fourth-order valence-electron chi connectivity index (χ4n) is 4.49. The number of nitrogens with two attached hydrogens (primary N) is 1. The molecule has 0 amide bonds. The highest BCUT2D eigenvalue weighted by molar-refractivity contribution is 5.37. The molecule has 2 aliphatic carbocycles. The second kappa shape index (κ2) is 6.50. The van der Waals surface area contributed by atoms with Crippen molar-refractivity contribution >= 4 is 0 Å². The molecule has 1 saturated carbocycles. The Morgan fingerprint density at radius 3 is 2.52 bits per heavy atom. The van der Waals surface area contributed by atoms with E-state index in [1.54, 1.807) is 11.1 Å². The van der Waals surface area contributed by atoms with Crippen molar-refractivity contribution in [3.05, 3.63) is 35.4 Å². The van der Waals surface area contributed by atoms with E-state index in [2.05, 4.69) is 43.0 Å². The van der Waals surface area contributed by atoms with E-state index in [1.165, 1.54) is 45.1 Å². The third-order valence-corrected chi connectivity index (χ3v) is 5.67. The SMILES string of the molecule is CCCN(C1CCC(N)CC1)C1Cc2ccccc2C1C. The summed E-state index contributed by atoms with van der Waals surface area (Å²) in [7, 11) is 0. The summed E-state index contributed by atoms with van der Waals surface area (Å²) in [6.45, 7) is 5.98. The van der Waals surface area contributed by atoms with Crippen molar-refractivity contribution in [3.63, 3.8) is 0 Å². The topological polar surface area (TPSA) is 29.3 Å². The van der Waals surface area contributed by atoms with Crippen LogP contribution >= 0.6 is 0 Å². The number of fused-ring (bicyclic) bond motifs is 1. The lowest BCUT2D eigenvalue weighted by atomic mass is 9.88. The molecule has 2 aliphatic rings. The number of rotatable bonds is 4. The predicted molar refractivity (Wildman–Crippen MR) is 89.6 cm³/mol. The highest BCUT2D eigenvalue weighted by Crippen LogP contribution is 2.38. The highest BCUT2D eigenvalue weighted by Gasteiger charge is 2.36. The minimum atomic E-state index is 0.447. The third-order valence-electron chi connectivity index (χ3n) is 5.67. The average Bonchev–Trinajstić information content (AvgIpc) is 2.83. The van der Waals surface area contributed by atoms with Crippen LogP contribution in [0.4, 0.5) is 0 Å². The Bertz CT molecular complexity index is 462. The van der Waals surface area contributed by atoms with Crippen LogP contribution in [0.25, 0.3) is 0 Å². The fraction of sp³-hybridized carbons (Fsp3) is 0.684. The zero-order valence-corrected chi connectivity index (χ0v) is 13.6. The number of hydrogen-bond acceptors (Lipinski definition) is 2. The molecule has 0 spiro atoms. The Morgan fingerprint density at radius 1 is 1.14 bits per heavy atom. The van der Waals surface area contributed by atoms with E-state index in [1.807, 2.05) is 0 Å². The first-order valence-corrected chi connectivity index (χ1v) is 8.79. The summed E-state index contributed by atoms with van der Waals surface area (Å²) in [6, 6.07) is 10.9. The van der Waals surface area contributed by atoms with Gasteiger partial charge in [0.05, 0.1) is 0 Å². The molecule has 2 nitrogen and oxygen atoms in total. The molecule has 2 atom stereocenters. The van der Waals surface area contributed by atoms with Crippen LogP contribution in [0, 0.1) is 0 Å². The summed E-state index contributed by atoms with van der Waals surface area (Å²) in [6.07, 6.45) is 7.49. The van der Waals surface area contributed by atoms with Gasteiger partial charge < -0.3 is 5.73 Å². The zero-order chi connectivity index (χ0) is 14.8. The lowest BCUT2D eigenvalue weighted by Crippen LogP contribution is -2.48. The van der Waals surface area contributed by atoms with E-state index >= 15 is 0 Å². The van der Waals surface area contributed by atoms with Crippen molar-refractivity contribution in [2.75, 3.05) is 6.54 Å². The van der Waals surface area contributed by atoms with Gasteiger partial charge in [0.25, 0.3) is 0 Å². The van der Waals surface area contributed by atoms with E-state index < -0.39 is 0 Å². The Morgan fingerprint density at radius 2 is 1.86 bits per heavy atom. The van der Waals surface area contributed by atoms with Gasteiger partial charge in [-0.1, -0.05) is 38.1 Å². The van der Waals surface area contributed by atoms with E-state index in [4.69, 9.17) is 5.73 Å². The Balaban J connectivity index is 1.76. The van der Waals surface area contributed by atoms with Crippen LogP contribution in [0.5, 0.6) is 0 Å². The number of hydrogen-bond donors (Lipinski definition) is 1. The Kier molecular flexibility index (Phi) is 4.66. The minimum Gasteiger partial charge on any atom is -0.328 e. The second-order valence-electron chi connectivity index (χ2n) is 7.07. The lowest BCUT2D eigenvalue weighted by Gasteiger charge is -2.41. The van der Waals surface area contributed by atoms with Crippen molar-refractivity contribution in [1.82, 2.24) is 4.90 Å². The summed E-state index contributed by atoms with van der Waals surface area (Å²) < 4.78 is 0.